The molecule has 6 atom stereocenters. The van der Waals surface area contributed by atoms with E-state index in [4.69, 9.17) is 0 Å². The lowest BCUT2D eigenvalue weighted by Crippen LogP contribution is -2.58. The minimum atomic E-state index is -0.870. The number of unbranched alkanes of at least 4 members (excludes halogenated alkanes) is 1. The average molecular weight is 515 g/mol. The van der Waals surface area contributed by atoms with Gasteiger partial charge in [0.25, 0.3) is 0 Å². The molecule has 0 aromatic rings. The second-order valence-corrected chi connectivity index (χ2v) is 11.5. The van der Waals surface area contributed by atoms with Crippen LogP contribution in [-0.2, 0) is 14.4 Å². The zero-order valence-electron chi connectivity index (χ0n) is 20.7. The average Bonchev–Trinajstić information content (AvgIpc) is 2.82. The Kier molecular flexibility index (Phi) is 13.4. The highest BCUT2D eigenvalue weighted by Crippen LogP contribution is 2.24. The van der Waals surface area contributed by atoms with Gasteiger partial charge in [0.05, 0.1) is 18.2 Å². The van der Waals surface area contributed by atoms with Crippen molar-refractivity contribution >= 4 is 41.2 Å². The van der Waals surface area contributed by atoms with Crippen LogP contribution >= 0.6 is 23.5 Å². The summed E-state index contributed by atoms with van der Waals surface area (Å²) in [6, 6.07) is -1.56. The second-order valence-electron chi connectivity index (χ2n) is 9.15. The van der Waals surface area contributed by atoms with Crippen LogP contribution in [0.4, 0.5) is 0 Å². The van der Waals surface area contributed by atoms with Crippen molar-refractivity contribution in [1.82, 2.24) is 21.3 Å². The lowest BCUT2D eigenvalue weighted by Gasteiger charge is -2.32. The van der Waals surface area contributed by atoms with Crippen LogP contribution in [0.1, 0.15) is 52.9 Å². The zero-order chi connectivity index (χ0) is 24.9. The van der Waals surface area contributed by atoms with E-state index in [2.05, 4.69) is 40.3 Å². The lowest BCUT2D eigenvalue weighted by atomic mass is 9.98. The third-order valence-corrected chi connectivity index (χ3v) is 8.53. The summed E-state index contributed by atoms with van der Waals surface area (Å²) in [5.41, 5.74) is 0. The smallest absolute Gasteiger partial charge is 0.242 e. The Labute approximate surface area is 212 Å². The van der Waals surface area contributed by atoms with Gasteiger partial charge in [-0.25, -0.2) is 0 Å². The van der Waals surface area contributed by atoms with Crippen LogP contribution in [-0.4, -0.2) is 82.7 Å². The maximum Gasteiger partial charge on any atom is 0.242 e. The monoisotopic (exact) mass is 514 g/mol. The van der Waals surface area contributed by atoms with E-state index in [1.165, 1.54) is 0 Å². The Morgan fingerprint density at radius 3 is 2.76 bits per heavy atom. The fourth-order valence-electron chi connectivity index (χ4n) is 4.00. The SMILES string of the molecule is CCCCNC(=O)[C@H](C)C[C@H](O)[C@@H]1CSC/C=C/CS[C@@H]2CCCN[C@@H]2C(=O)N[C@@H](C)C(=O)N1. The summed E-state index contributed by atoms with van der Waals surface area (Å²) in [5, 5.41) is 23.0. The molecule has 0 bridgehead atoms. The van der Waals surface area contributed by atoms with Crippen LogP contribution in [0.2, 0.25) is 0 Å². The van der Waals surface area contributed by atoms with Crippen molar-refractivity contribution in [3.63, 3.8) is 0 Å². The quantitative estimate of drug-likeness (QED) is 0.258. The standard InChI is InChI=1S/C24H42N4O4S2/c1-4-5-10-26-22(30)16(2)14-19(29)18-15-33-12-6-7-13-34-20-9-8-11-25-21(20)24(32)27-17(3)23(31)28-18/h6-7,16-21,25,29H,4-5,8-15H2,1-3H3,(H,26,30)(H,27,32)(H,28,31)/b7-6+/t16-,17+,18+,19+,20-,21+/m1/s1. The van der Waals surface area contributed by atoms with Crippen molar-refractivity contribution in [1.29, 1.82) is 0 Å². The van der Waals surface area contributed by atoms with E-state index >= 15 is 0 Å². The molecule has 0 aromatic carbocycles. The summed E-state index contributed by atoms with van der Waals surface area (Å²) < 4.78 is 0. The van der Waals surface area contributed by atoms with Crippen LogP contribution in [0.15, 0.2) is 12.2 Å². The van der Waals surface area contributed by atoms with Gasteiger partial charge in [-0.15, -0.1) is 0 Å². The molecule has 3 amide bonds. The number of thioether (sulfide) groups is 2. The van der Waals surface area contributed by atoms with Crippen molar-refractivity contribution in [3.05, 3.63) is 12.2 Å². The van der Waals surface area contributed by atoms with Crippen molar-refractivity contribution in [2.45, 2.75) is 82.4 Å². The van der Waals surface area contributed by atoms with E-state index in [-0.39, 0.29) is 41.4 Å². The molecule has 34 heavy (non-hydrogen) atoms. The van der Waals surface area contributed by atoms with E-state index < -0.39 is 18.2 Å². The molecule has 0 saturated carbocycles. The number of carbonyl (C=O) groups excluding carboxylic acids is 3. The Morgan fingerprint density at radius 1 is 1.24 bits per heavy atom. The Hall–Kier alpha value is -1.23. The number of rotatable bonds is 7. The number of amides is 3. The fourth-order valence-corrected chi connectivity index (χ4v) is 6.21. The number of hydrogen-bond donors (Lipinski definition) is 5. The van der Waals surface area contributed by atoms with Crippen molar-refractivity contribution in [2.75, 3.05) is 30.3 Å². The third kappa shape index (κ3) is 9.79. The van der Waals surface area contributed by atoms with E-state index in [1.54, 1.807) is 37.4 Å². The number of fused-ring (bicyclic) bond motifs is 1. The van der Waals surface area contributed by atoms with Gasteiger partial charge in [0.1, 0.15) is 6.04 Å². The second kappa shape index (κ2) is 15.7. The van der Waals surface area contributed by atoms with Gasteiger partial charge in [-0.05, 0) is 39.2 Å². The number of piperidine rings is 1. The van der Waals surface area contributed by atoms with Crippen LogP contribution in [0.3, 0.4) is 0 Å². The molecule has 2 rings (SSSR count). The Morgan fingerprint density at radius 2 is 2.00 bits per heavy atom. The highest BCUT2D eigenvalue weighted by molar-refractivity contribution is 8.00. The first-order valence-electron chi connectivity index (χ1n) is 12.5. The summed E-state index contributed by atoms with van der Waals surface area (Å²) in [4.78, 5) is 38.1. The first-order chi connectivity index (χ1) is 16.3. The molecule has 10 heteroatoms. The largest absolute Gasteiger partial charge is 0.391 e. The molecule has 194 valence electrons. The van der Waals surface area contributed by atoms with Crippen LogP contribution in [0.5, 0.6) is 0 Å². The minimum Gasteiger partial charge on any atom is -0.391 e. The van der Waals surface area contributed by atoms with Gasteiger partial charge in [-0.2, -0.15) is 23.5 Å². The molecule has 0 spiro atoms. The number of hydrogen-bond acceptors (Lipinski definition) is 7. The molecule has 1 fully saturated rings. The summed E-state index contributed by atoms with van der Waals surface area (Å²) in [6.07, 6.45) is 7.53. The fraction of sp³-hybridized carbons (Fsp3) is 0.792. The van der Waals surface area contributed by atoms with Gasteiger partial charge in [0.2, 0.25) is 17.7 Å². The van der Waals surface area contributed by atoms with E-state index in [0.717, 1.165) is 43.7 Å². The van der Waals surface area contributed by atoms with Crippen molar-refractivity contribution in [2.24, 2.45) is 5.92 Å². The molecular weight excluding hydrogens is 472 g/mol. The Bertz CT molecular complexity index is 694. The zero-order valence-corrected chi connectivity index (χ0v) is 22.3. The van der Waals surface area contributed by atoms with E-state index in [9.17, 15) is 19.5 Å². The van der Waals surface area contributed by atoms with E-state index in [1.807, 2.05) is 0 Å². The molecule has 2 aliphatic heterocycles. The number of nitrogens with one attached hydrogen (secondary N) is 4. The van der Waals surface area contributed by atoms with Gasteiger partial charge in [-0.1, -0.05) is 32.4 Å². The maximum atomic E-state index is 12.9. The minimum absolute atomic E-state index is 0.0841. The molecule has 0 aliphatic carbocycles. The molecule has 0 aromatic heterocycles. The van der Waals surface area contributed by atoms with Crippen LogP contribution < -0.4 is 21.3 Å². The van der Waals surface area contributed by atoms with Gasteiger partial charge < -0.3 is 26.4 Å². The third-order valence-electron chi connectivity index (χ3n) is 6.18. The number of aliphatic hydroxyl groups is 1. The predicted octanol–water partition coefficient (Wildman–Crippen LogP) is 1.44. The van der Waals surface area contributed by atoms with Gasteiger partial charge >= 0.3 is 0 Å². The normalized spacial score (nSPS) is 29.9. The lowest BCUT2D eigenvalue weighted by molar-refractivity contribution is -0.130. The Balaban J connectivity index is 2.03. The summed E-state index contributed by atoms with van der Waals surface area (Å²) >= 11 is 3.40. The topological polar surface area (TPSA) is 120 Å². The highest BCUT2D eigenvalue weighted by atomic mass is 32.2. The highest BCUT2D eigenvalue weighted by Gasteiger charge is 2.33. The van der Waals surface area contributed by atoms with Gasteiger partial charge in [-0.3, -0.25) is 14.4 Å². The van der Waals surface area contributed by atoms with Crippen molar-refractivity contribution < 1.29 is 19.5 Å². The number of carbonyl (C=O) groups is 3. The first-order valence-corrected chi connectivity index (χ1v) is 14.7. The summed E-state index contributed by atoms with van der Waals surface area (Å²) in [6.45, 7) is 6.95. The molecule has 0 unspecified atom stereocenters. The summed E-state index contributed by atoms with van der Waals surface area (Å²) in [7, 11) is 0. The molecular formula is C24H42N4O4S2. The first kappa shape index (κ1) is 29.0. The molecule has 8 nitrogen and oxygen atoms in total. The molecule has 2 aliphatic rings. The van der Waals surface area contributed by atoms with Crippen molar-refractivity contribution in [3.8, 4) is 0 Å². The van der Waals surface area contributed by atoms with Crippen LogP contribution in [0.25, 0.3) is 0 Å². The number of aliphatic hydroxyl groups excluding tert-OH is 1. The molecule has 5 N–H and O–H groups in total. The molecule has 0 radical (unpaired) electrons. The van der Waals surface area contributed by atoms with Crippen LogP contribution in [0, 0.1) is 5.92 Å². The summed E-state index contributed by atoms with van der Waals surface area (Å²) in [5.74, 6) is 1.17. The molecule has 1 saturated heterocycles. The maximum absolute atomic E-state index is 12.9. The van der Waals surface area contributed by atoms with E-state index in [0.29, 0.717) is 12.3 Å². The molecule has 2 heterocycles. The van der Waals surface area contributed by atoms with Gasteiger partial charge in [0, 0.05) is 35.0 Å². The van der Waals surface area contributed by atoms with Gasteiger partial charge in [0.15, 0.2) is 0 Å². The predicted molar refractivity (Wildman–Crippen MR) is 141 cm³/mol.